The Hall–Kier alpha value is -1.78. The van der Waals surface area contributed by atoms with Gasteiger partial charge in [-0.15, -0.1) is 0 Å². The molecule has 0 saturated carbocycles. The van der Waals surface area contributed by atoms with Gasteiger partial charge in [0.15, 0.2) is 0 Å². The van der Waals surface area contributed by atoms with Gasteiger partial charge in [0, 0.05) is 12.5 Å². The van der Waals surface area contributed by atoms with Crippen LogP contribution >= 0.6 is 0 Å². The number of carboxylic acids is 1. The Morgan fingerprint density at radius 2 is 2.36 bits per heavy atom. The highest BCUT2D eigenvalue weighted by molar-refractivity contribution is 6.31. The summed E-state index contributed by atoms with van der Waals surface area (Å²) in [5.74, 6) is -1.76. The number of nitrogens with one attached hydrogen (secondary N) is 1. The van der Waals surface area contributed by atoms with Crippen LogP contribution in [0, 0.1) is 0 Å². The number of furan rings is 1. The number of aliphatic carboxylic acids is 1. The van der Waals surface area contributed by atoms with Crippen LogP contribution in [0.5, 0.6) is 0 Å². The molecule has 1 heterocycles. The molecule has 76 valence electrons. The highest BCUT2D eigenvalue weighted by Gasteiger charge is 2.14. The Bertz CT molecular complexity index is 318. The summed E-state index contributed by atoms with van der Waals surface area (Å²) in [7, 11) is 0. The molecule has 0 aromatic carbocycles. The molecule has 0 fully saturated rings. The largest absolute Gasteiger partial charge is 0.474 e. The van der Waals surface area contributed by atoms with Crippen molar-refractivity contribution in [3.8, 4) is 0 Å². The highest BCUT2D eigenvalue weighted by Crippen LogP contribution is 2.03. The third-order valence-electron chi connectivity index (χ3n) is 1.66. The molecular weight excluding hydrogens is 186 g/mol. The van der Waals surface area contributed by atoms with Crippen LogP contribution in [0.2, 0.25) is 0 Å². The second-order valence-corrected chi connectivity index (χ2v) is 2.96. The Labute approximate surface area is 80.7 Å². The number of carboxylic acid groups (broad SMARTS) is 1. The molecule has 5 nitrogen and oxygen atoms in total. The normalized spacial score (nSPS) is 12.1. The number of carbonyl (C=O) groups excluding carboxylic acids is 1. The number of hydrogen-bond donors (Lipinski definition) is 2. The summed E-state index contributed by atoms with van der Waals surface area (Å²) in [5.41, 5.74) is 0. The molecule has 1 rings (SSSR count). The summed E-state index contributed by atoms with van der Waals surface area (Å²) >= 11 is 0. The van der Waals surface area contributed by atoms with Crippen LogP contribution in [0.4, 0.5) is 0 Å². The van der Waals surface area contributed by atoms with E-state index in [4.69, 9.17) is 9.52 Å². The van der Waals surface area contributed by atoms with Gasteiger partial charge >= 0.3 is 11.9 Å². The predicted molar refractivity (Wildman–Crippen MR) is 47.7 cm³/mol. The standard InChI is InChI=1S/C9H11NO4/c1-6(10-8(11)9(12)13)5-7-3-2-4-14-7/h2-4,6H,5H2,1H3,(H,10,11)(H,12,13). The van der Waals surface area contributed by atoms with E-state index in [1.807, 2.05) is 0 Å². The fraction of sp³-hybridized carbons (Fsp3) is 0.333. The Balaban J connectivity index is 2.40. The van der Waals surface area contributed by atoms with Crippen LogP contribution in [0.1, 0.15) is 12.7 Å². The second kappa shape index (κ2) is 4.45. The van der Waals surface area contributed by atoms with Crippen LogP contribution in [0.3, 0.4) is 0 Å². The first-order chi connectivity index (χ1) is 6.59. The average Bonchev–Trinajstić information content (AvgIpc) is 2.56. The summed E-state index contributed by atoms with van der Waals surface area (Å²) in [6, 6.07) is 3.24. The van der Waals surface area contributed by atoms with Gasteiger partial charge in [0.1, 0.15) is 5.76 Å². The highest BCUT2D eigenvalue weighted by atomic mass is 16.4. The molecule has 0 saturated heterocycles. The van der Waals surface area contributed by atoms with Crippen LogP contribution in [0.15, 0.2) is 22.8 Å². The molecule has 2 N–H and O–H groups in total. The van der Waals surface area contributed by atoms with Crippen molar-refractivity contribution in [3.63, 3.8) is 0 Å². The molecule has 0 radical (unpaired) electrons. The van der Waals surface area contributed by atoms with E-state index in [0.717, 1.165) is 0 Å². The van der Waals surface area contributed by atoms with E-state index in [1.54, 1.807) is 19.1 Å². The maximum atomic E-state index is 10.7. The van der Waals surface area contributed by atoms with Crippen molar-refractivity contribution in [2.45, 2.75) is 19.4 Å². The van der Waals surface area contributed by atoms with Crippen molar-refractivity contribution >= 4 is 11.9 Å². The molecule has 0 aliphatic carbocycles. The van der Waals surface area contributed by atoms with Crippen LogP contribution in [-0.4, -0.2) is 23.0 Å². The molecule has 0 aliphatic rings. The molecule has 0 spiro atoms. The molecule has 0 aliphatic heterocycles. The van der Waals surface area contributed by atoms with Gasteiger partial charge in [0.2, 0.25) is 0 Å². The summed E-state index contributed by atoms with van der Waals surface area (Å²) < 4.78 is 5.05. The van der Waals surface area contributed by atoms with E-state index in [1.165, 1.54) is 6.26 Å². The zero-order chi connectivity index (χ0) is 10.6. The lowest BCUT2D eigenvalue weighted by Gasteiger charge is -2.09. The van der Waals surface area contributed by atoms with Crippen molar-refractivity contribution in [2.24, 2.45) is 0 Å². The monoisotopic (exact) mass is 197 g/mol. The zero-order valence-corrected chi connectivity index (χ0v) is 7.69. The number of rotatable bonds is 3. The maximum absolute atomic E-state index is 10.7. The lowest BCUT2D eigenvalue weighted by Crippen LogP contribution is -2.38. The lowest BCUT2D eigenvalue weighted by molar-refractivity contribution is -0.150. The maximum Gasteiger partial charge on any atom is 0.394 e. The van der Waals surface area contributed by atoms with Gasteiger partial charge in [-0.2, -0.15) is 0 Å². The quantitative estimate of drug-likeness (QED) is 0.688. The van der Waals surface area contributed by atoms with Gasteiger partial charge in [-0.3, -0.25) is 4.79 Å². The van der Waals surface area contributed by atoms with E-state index >= 15 is 0 Å². The molecule has 1 amide bonds. The number of carbonyl (C=O) groups is 2. The number of amides is 1. The van der Waals surface area contributed by atoms with E-state index in [-0.39, 0.29) is 6.04 Å². The van der Waals surface area contributed by atoms with Gasteiger partial charge in [-0.05, 0) is 19.1 Å². The molecule has 1 aromatic heterocycles. The van der Waals surface area contributed by atoms with Crippen molar-refractivity contribution in [3.05, 3.63) is 24.2 Å². The average molecular weight is 197 g/mol. The third kappa shape index (κ3) is 2.93. The molecule has 1 aromatic rings. The molecule has 5 heteroatoms. The Kier molecular flexibility index (Phi) is 3.28. The smallest absolute Gasteiger partial charge is 0.394 e. The van der Waals surface area contributed by atoms with E-state index in [9.17, 15) is 9.59 Å². The van der Waals surface area contributed by atoms with Crippen molar-refractivity contribution in [2.75, 3.05) is 0 Å². The molecule has 1 atom stereocenters. The van der Waals surface area contributed by atoms with Gasteiger partial charge in [0.25, 0.3) is 0 Å². The van der Waals surface area contributed by atoms with Crippen molar-refractivity contribution in [1.29, 1.82) is 0 Å². The Morgan fingerprint density at radius 3 is 2.86 bits per heavy atom. The second-order valence-electron chi connectivity index (χ2n) is 2.96. The molecule has 0 bridgehead atoms. The predicted octanol–water partition coefficient (Wildman–Crippen LogP) is 0.411. The van der Waals surface area contributed by atoms with E-state index < -0.39 is 11.9 Å². The number of hydrogen-bond acceptors (Lipinski definition) is 3. The fourth-order valence-corrected chi connectivity index (χ4v) is 1.07. The van der Waals surface area contributed by atoms with Crippen LogP contribution < -0.4 is 5.32 Å². The van der Waals surface area contributed by atoms with E-state index in [0.29, 0.717) is 12.2 Å². The summed E-state index contributed by atoms with van der Waals surface area (Å²) in [5, 5.41) is 10.6. The first kappa shape index (κ1) is 10.3. The minimum absolute atomic E-state index is 0.259. The molecule has 1 unspecified atom stereocenters. The Morgan fingerprint density at radius 1 is 1.64 bits per heavy atom. The summed E-state index contributed by atoms with van der Waals surface area (Å²) in [6.07, 6.45) is 2.01. The molecular formula is C9H11NO4. The van der Waals surface area contributed by atoms with Crippen LogP contribution in [-0.2, 0) is 16.0 Å². The van der Waals surface area contributed by atoms with Crippen molar-refractivity contribution < 1.29 is 19.1 Å². The SMILES string of the molecule is CC(Cc1ccco1)NC(=O)C(=O)O. The third-order valence-corrected chi connectivity index (χ3v) is 1.66. The van der Waals surface area contributed by atoms with E-state index in [2.05, 4.69) is 5.32 Å². The summed E-state index contributed by atoms with van der Waals surface area (Å²) in [4.78, 5) is 20.9. The van der Waals surface area contributed by atoms with Gasteiger partial charge in [-0.1, -0.05) is 0 Å². The van der Waals surface area contributed by atoms with Crippen molar-refractivity contribution in [1.82, 2.24) is 5.32 Å². The van der Waals surface area contributed by atoms with Crippen LogP contribution in [0.25, 0.3) is 0 Å². The first-order valence-electron chi connectivity index (χ1n) is 4.15. The van der Waals surface area contributed by atoms with Gasteiger partial charge in [-0.25, -0.2) is 4.79 Å². The minimum Gasteiger partial charge on any atom is -0.474 e. The zero-order valence-electron chi connectivity index (χ0n) is 7.69. The van der Waals surface area contributed by atoms with Gasteiger partial charge in [0.05, 0.1) is 6.26 Å². The minimum atomic E-state index is -1.48. The topological polar surface area (TPSA) is 79.5 Å². The van der Waals surface area contributed by atoms with Gasteiger partial charge < -0.3 is 14.8 Å². The first-order valence-corrected chi connectivity index (χ1v) is 4.15. The fourth-order valence-electron chi connectivity index (χ4n) is 1.07. The lowest BCUT2D eigenvalue weighted by atomic mass is 10.2. The molecule has 14 heavy (non-hydrogen) atoms. The summed E-state index contributed by atoms with van der Waals surface area (Å²) in [6.45, 7) is 1.71.